The summed E-state index contributed by atoms with van der Waals surface area (Å²) >= 11 is 5.69. The van der Waals surface area contributed by atoms with Gasteiger partial charge in [0.15, 0.2) is 5.11 Å². The molecular formula is C20H26N4S. The molecule has 4 rings (SSSR count). The predicted molar refractivity (Wildman–Crippen MR) is 104 cm³/mol. The van der Waals surface area contributed by atoms with Crippen molar-refractivity contribution >= 4 is 17.3 Å². The van der Waals surface area contributed by atoms with Crippen LogP contribution in [-0.4, -0.2) is 26.1 Å². The topological polar surface area (TPSA) is 33.1 Å². The first-order chi connectivity index (χ1) is 12.3. The van der Waals surface area contributed by atoms with E-state index >= 15 is 0 Å². The third-order valence-corrected chi connectivity index (χ3v) is 5.85. The van der Waals surface area contributed by atoms with Gasteiger partial charge in [-0.1, -0.05) is 25.8 Å². The molecule has 2 aromatic rings. The molecule has 0 radical (unpaired) electrons. The van der Waals surface area contributed by atoms with E-state index in [2.05, 4.69) is 57.2 Å². The van der Waals surface area contributed by atoms with Crippen molar-refractivity contribution in [3.8, 4) is 0 Å². The number of hydrogen-bond acceptors (Lipinski definition) is 2. The maximum absolute atomic E-state index is 5.69. The van der Waals surface area contributed by atoms with Crippen LogP contribution < -0.4 is 5.32 Å². The summed E-state index contributed by atoms with van der Waals surface area (Å²) in [4.78, 5) is 6.98. The Labute approximate surface area is 155 Å². The second kappa shape index (κ2) is 7.16. The molecule has 4 nitrogen and oxygen atoms in total. The number of pyridine rings is 1. The molecule has 1 N–H and O–H groups in total. The zero-order valence-corrected chi connectivity index (χ0v) is 15.6. The Kier molecular flexibility index (Phi) is 4.75. The normalized spacial score (nSPS) is 24.0. The molecule has 0 aromatic carbocycles. The molecule has 1 saturated heterocycles. The molecule has 2 fully saturated rings. The summed E-state index contributed by atoms with van der Waals surface area (Å²) in [7, 11) is 0. The van der Waals surface area contributed by atoms with Crippen molar-refractivity contribution in [1.82, 2.24) is 19.8 Å². The molecule has 0 unspecified atom stereocenters. The smallest absolute Gasteiger partial charge is 0.170 e. The van der Waals surface area contributed by atoms with Gasteiger partial charge in [0.25, 0.3) is 0 Å². The van der Waals surface area contributed by atoms with E-state index in [1.165, 1.54) is 31.4 Å². The lowest BCUT2D eigenvalue weighted by atomic mass is 10.0. The van der Waals surface area contributed by atoms with E-state index in [0.717, 1.165) is 23.8 Å². The Balaban J connectivity index is 1.74. The highest BCUT2D eigenvalue weighted by Crippen LogP contribution is 2.41. The summed E-state index contributed by atoms with van der Waals surface area (Å²) in [6.45, 7) is 3.18. The lowest BCUT2D eigenvalue weighted by molar-refractivity contribution is 0.296. The van der Waals surface area contributed by atoms with Gasteiger partial charge >= 0.3 is 0 Å². The van der Waals surface area contributed by atoms with E-state index in [0.29, 0.717) is 6.04 Å². The molecule has 25 heavy (non-hydrogen) atoms. The highest BCUT2D eigenvalue weighted by Gasteiger charge is 2.41. The van der Waals surface area contributed by atoms with Crippen molar-refractivity contribution in [1.29, 1.82) is 0 Å². The number of nitrogens with one attached hydrogen (secondary N) is 1. The lowest BCUT2D eigenvalue weighted by Gasteiger charge is -2.30. The van der Waals surface area contributed by atoms with Crippen LogP contribution in [-0.2, 0) is 0 Å². The van der Waals surface area contributed by atoms with Crippen molar-refractivity contribution in [3.05, 3.63) is 54.1 Å². The fourth-order valence-corrected chi connectivity index (χ4v) is 4.71. The SMILES string of the molecule is CCCN1C(=S)N[C@@H](c2ccccn2)[C@@H]1c1cccn1C1CCCC1. The van der Waals surface area contributed by atoms with Gasteiger partial charge in [-0.15, -0.1) is 0 Å². The minimum absolute atomic E-state index is 0.107. The van der Waals surface area contributed by atoms with Crippen molar-refractivity contribution in [2.24, 2.45) is 0 Å². The summed E-state index contributed by atoms with van der Waals surface area (Å²) in [5.41, 5.74) is 2.43. The highest BCUT2D eigenvalue weighted by molar-refractivity contribution is 7.80. The highest BCUT2D eigenvalue weighted by atomic mass is 32.1. The first-order valence-corrected chi connectivity index (χ1v) is 9.85. The van der Waals surface area contributed by atoms with E-state index in [4.69, 9.17) is 12.2 Å². The van der Waals surface area contributed by atoms with Gasteiger partial charge in [0, 0.05) is 30.7 Å². The first kappa shape index (κ1) is 16.6. The maximum Gasteiger partial charge on any atom is 0.170 e. The van der Waals surface area contributed by atoms with Crippen LogP contribution in [0.2, 0.25) is 0 Å². The molecule has 1 aliphatic heterocycles. The second-order valence-electron chi connectivity index (χ2n) is 7.10. The Morgan fingerprint density at radius 1 is 1.20 bits per heavy atom. The van der Waals surface area contributed by atoms with Gasteiger partial charge in [-0.25, -0.2) is 0 Å². The van der Waals surface area contributed by atoms with Crippen molar-refractivity contribution in [2.75, 3.05) is 6.54 Å². The maximum atomic E-state index is 5.69. The monoisotopic (exact) mass is 354 g/mol. The zero-order chi connectivity index (χ0) is 17.2. The third-order valence-electron chi connectivity index (χ3n) is 5.50. The number of thiocarbonyl (C=S) groups is 1. The lowest BCUT2D eigenvalue weighted by Crippen LogP contribution is -2.31. The van der Waals surface area contributed by atoms with Crippen molar-refractivity contribution in [2.45, 2.75) is 57.2 Å². The van der Waals surface area contributed by atoms with E-state index in [-0.39, 0.29) is 12.1 Å². The van der Waals surface area contributed by atoms with Gasteiger partial charge in [-0.3, -0.25) is 4.98 Å². The van der Waals surface area contributed by atoms with Gasteiger partial charge in [-0.05, 0) is 55.7 Å². The second-order valence-corrected chi connectivity index (χ2v) is 7.49. The average molecular weight is 355 g/mol. The van der Waals surface area contributed by atoms with E-state index in [1.54, 1.807) is 0 Å². The molecular weight excluding hydrogens is 328 g/mol. The molecule has 0 amide bonds. The van der Waals surface area contributed by atoms with Gasteiger partial charge in [-0.2, -0.15) is 0 Å². The van der Waals surface area contributed by atoms with Crippen LogP contribution in [0.4, 0.5) is 0 Å². The Morgan fingerprint density at radius 2 is 2.04 bits per heavy atom. The van der Waals surface area contributed by atoms with Crippen molar-refractivity contribution < 1.29 is 0 Å². The minimum atomic E-state index is 0.107. The number of rotatable bonds is 5. The fourth-order valence-electron chi connectivity index (χ4n) is 4.38. The standard InChI is InChI=1S/C20H26N4S/c1-2-13-24-19(17-11-7-14-23(17)15-8-3-4-9-15)18(22-20(24)25)16-10-5-6-12-21-16/h5-7,10-12,14-15,18-19H,2-4,8-9,13H2,1H3,(H,22,25)/t18-,19-/m0/s1. The summed E-state index contributed by atoms with van der Waals surface area (Å²) in [6, 6.07) is 11.5. The summed E-state index contributed by atoms with van der Waals surface area (Å²) < 4.78 is 2.51. The quantitative estimate of drug-likeness (QED) is 0.808. The minimum Gasteiger partial charge on any atom is -0.352 e. The van der Waals surface area contributed by atoms with Crippen LogP contribution >= 0.6 is 12.2 Å². The van der Waals surface area contributed by atoms with E-state index in [9.17, 15) is 0 Å². The van der Waals surface area contributed by atoms with Gasteiger partial charge in [0.05, 0.1) is 17.8 Å². The van der Waals surface area contributed by atoms with Gasteiger partial charge in [0.1, 0.15) is 0 Å². The molecule has 0 bridgehead atoms. The molecule has 3 heterocycles. The number of hydrogen-bond donors (Lipinski definition) is 1. The average Bonchev–Trinajstić information content (AvgIpc) is 3.36. The number of aromatic nitrogens is 2. The van der Waals surface area contributed by atoms with Crippen LogP contribution in [0.3, 0.4) is 0 Å². The van der Waals surface area contributed by atoms with Gasteiger partial charge < -0.3 is 14.8 Å². The Morgan fingerprint density at radius 3 is 2.76 bits per heavy atom. The van der Waals surface area contributed by atoms with Crippen molar-refractivity contribution in [3.63, 3.8) is 0 Å². The molecule has 0 spiro atoms. The van der Waals surface area contributed by atoms with Crippen LogP contribution in [0, 0.1) is 0 Å². The fraction of sp³-hybridized carbons (Fsp3) is 0.500. The molecule has 2 atom stereocenters. The summed E-state index contributed by atoms with van der Waals surface area (Å²) in [5.74, 6) is 0. The van der Waals surface area contributed by atoms with Gasteiger partial charge in [0.2, 0.25) is 0 Å². The van der Waals surface area contributed by atoms with E-state index in [1.807, 2.05) is 12.3 Å². The van der Waals surface area contributed by atoms with Crippen LogP contribution in [0.5, 0.6) is 0 Å². The molecule has 5 heteroatoms. The van der Waals surface area contributed by atoms with Crippen LogP contribution in [0.25, 0.3) is 0 Å². The molecule has 1 aliphatic carbocycles. The predicted octanol–water partition coefficient (Wildman–Crippen LogP) is 4.38. The molecule has 2 aromatic heterocycles. The summed E-state index contributed by atoms with van der Waals surface area (Å²) in [6.07, 6.45) is 10.5. The summed E-state index contributed by atoms with van der Waals surface area (Å²) in [5, 5.41) is 4.39. The third kappa shape index (κ3) is 3.06. The zero-order valence-electron chi connectivity index (χ0n) is 14.8. The Hall–Kier alpha value is -1.88. The first-order valence-electron chi connectivity index (χ1n) is 9.44. The van der Waals surface area contributed by atoms with Crippen LogP contribution in [0.1, 0.15) is 68.5 Å². The van der Waals surface area contributed by atoms with E-state index < -0.39 is 0 Å². The molecule has 2 aliphatic rings. The number of nitrogens with zero attached hydrogens (tertiary/aromatic N) is 3. The molecule has 132 valence electrons. The van der Waals surface area contributed by atoms with Crippen LogP contribution in [0.15, 0.2) is 42.7 Å². The molecule has 1 saturated carbocycles. The largest absolute Gasteiger partial charge is 0.352 e. The Bertz CT molecular complexity index is 720.